The van der Waals surface area contributed by atoms with E-state index < -0.39 is 60.4 Å². The van der Waals surface area contributed by atoms with Crippen molar-refractivity contribution < 1.29 is 18.1 Å². The smallest absolute Gasteiger partial charge is 0.166 e. The molecule has 0 aliphatic rings. The van der Waals surface area contributed by atoms with Gasteiger partial charge < -0.3 is 8.98 Å². The monoisotopic (exact) mass is 650 g/mol. The highest BCUT2D eigenvalue weighted by Gasteiger charge is 2.21. The number of nitrogens with zero attached hydrogens (tertiary/aromatic N) is 4. The predicted octanol–water partition coefficient (Wildman–Crippen LogP) is 11.5. The minimum Gasteiger partial charge on any atom is -0.455 e. The molecule has 10 aromatic rings. The fourth-order valence-electron chi connectivity index (χ4n) is 6.68. The van der Waals surface area contributed by atoms with Gasteiger partial charge in [-0.05, 0) is 29.8 Å². The summed E-state index contributed by atoms with van der Waals surface area (Å²) in [5.41, 5.74) is 5.38. The Morgan fingerprint density at radius 2 is 1.10 bits per heavy atom. The minimum atomic E-state index is -0.614. The molecular weight excluding hydrogens is 613 g/mol. The highest BCUT2D eigenvalue weighted by molar-refractivity contribution is 6.14. The van der Waals surface area contributed by atoms with E-state index in [0.29, 0.717) is 16.7 Å². The van der Waals surface area contributed by atoms with Crippen LogP contribution in [0.4, 0.5) is 0 Å². The third-order valence-electron chi connectivity index (χ3n) is 8.84. The van der Waals surface area contributed by atoms with Gasteiger partial charge in [0.2, 0.25) is 0 Å². The largest absolute Gasteiger partial charge is 0.455 e. The van der Waals surface area contributed by atoms with Gasteiger partial charge in [-0.1, -0.05) is 139 Å². The first-order valence-corrected chi connectivity index (χ1v) is 15.9. The van der Waals surface area contributed by atoms with E-state index in [2.05, 4.69) is 4.98 Å². The summed E-state index contributed by atoms with van der Waals surface area (Å²) in [6, 6.07) is 29.5. The van der Waals surface area contributed by atoms with Gasteiger partial charge in [0, 0.05) is 55.6 Å². The summed E-state index contributed by atoms with van der Waals surface area (Å²) in [5.74, 6) is -0.701. The summed E-state index contributed by atoms with van der Waals surface area (Å²) >= 11 is 0. The zero-order chi connectivity index (χ0) is 41.7. The zero-order valence-corrected chi connectivity index (χ0v) is 26.1. The van der Waals surface area contributed by atoms with E-state index in [1.807, 2.05) is 108 Å². The number of hydrogen-bond donors (Lipinski definition) is 0. The number of hydrogen-bond acceptors (Lipinski definition) is 4. The Labute approximate surface area is 301 Å². The molecule has 5 nitrogen and oxygen atoms in total. The average molecular weight is 651 g/mol. The fourth-order valence-corrected chi connectivity index (χ4v) is 6.68. The van der Waals surface area contributed by atoms with Crippen LogP contribution in [-0.4, -0.2) is 19.5 Å². The topological polar surface area (TPSA) is 56.7 Å². The first-order chi connectivity index (χ1) is 28.9. The lowest BCUT2D eigenvalue weighted by Gasteiger charge is -2.12. The predicted molar refractivity (Wildman–Crippen MR) is 203 cm³/mol. The number of aromatic nitrogens is 4. The van der Waals surface area contributed by atoms with Crippen molar-refractivity contribution in [2.45, 2.75) is 0 Å². The quantitative estimate of drug-likeness (QED) is 0.186. The van der Waals surface area contributed by atoms with Crippen LogP contribution in [0.2, 0.25) is 0 Å². The van der Waals surface area contributed by atoms with Crippen LogP contribution in [0, 0.1) is 0 Å². The van der Waals surface area contributed by atoms with Gasteiger partial charge in [0.1, 0.15) is 11.2 Å². The SMILES string of the molecule is [2H]c1c([2H])c([2H])c(-c2nc(-c3c([2H])c([2H])c([2H])c([2H])c3[2H])nc(-c3cccc4c5ccccc5n(-c5ccc6c(c5)oc5c(-c7ccccc7)cccc56)c34)n2)c([2H])c1[2H]. The van der Waals surface area contributed by atoms with E-state index in [4.69, 9.17) is 28.1 Å². The Morgan fingerprint density at radius 1 is 0.480 bits per heavy atom. The zero-order valence-electron chi connectivity index (χ0n) is 36.1. The summed E-state index contributed by atoms with van der Waals surface area (Å²) < 4.78 is 93.7. The third-order valence-corrected chi connectivity index (χ3v) is 8.84. The van der Waals surface area contributed by atoms with E-state index in [1.54, 1.807) is 6.07 Å². The molecule has 0 atom stereocenters. The second-order valence-electron chi connectivity index (χ2n) is 11.7. The van der Waals surface area contributed by atoms with Gasteiger partial charge in [0.25, 0.3) is 0 Å². The molecule has 0 unspecified atom stereocenters. The summed E-state index contributed by atoms with van der Waals surface area (Å²) in [6.45, 7) is 0. The summed E-state index contributed by atoms with van der Waals surface area (Å²) in [4.78, 5) is 14.0. The number of rotatable bonds is 5. The van der Waals surface area contributed by atoms with Crippen LogP contribution in [0.3, 0.4) is 0 Å². The van der Waals surface area contributed by atoms with Crippen molar-refractivity contribution in [2.24, 2.45) is 0 Å². The van der Waals surface area contributed by atoms with Crippen LogP contribution < -0.4 is 0 Å². The van der Waals surface area contributed by atoms with Crippen molar-refractivity contribution in [3.05, 3.63) is 170 Å². The van der Waals surface area contributed by atoms with Crippen LogP contribution >= 0.6 is 0 Å². The molecule has 0 amide bonds. The van der Waals surface area contributed by atoms with Crippen molar-refractivity contribution >= 4 is 43.7 Å². The number of para-hydroxylation sites is 3. The van der Waals surface area contributed by atoms with Crippen LogP contribution in [0.15, 0.2) is 174 Å². The van der Waals surface area contributed by atoms with Gasteiger partial charge >= 0.3 is 0 Å². The number of furan rings is 1. The molecule has 3 heterocycles. The van der Waals surface area contributed by atoms with E-state index in [9.17, 15) is 0 Å². The first kappa shape index (κ1) is 19.8. The van der Waals surface area contributed by atoms with E-state index in [-0.39, 0.29) is 28.6 Å². The van der Waals surface area contributed by atoms with Gasteiger partial charge in [-0.2, -0.15) is 0 Å². The van der Waals surface area contributed by atoms with Crippen molar-refractivity contribution in [3.63, 3.8) is 0 Å². The molecule has 0 radical (unpaired) electrons. The molecule has 3 aromatic heterocycles. The molecule has 0 N–H and O–H groups in total. The Hall–Kier alpha value is -6.85. The number of benzene rings is 7. The molecule has 0 saturated heterocycles. The summed E-state index contributed by atoms with van der Waals surface area (Å²) in [7, 11) is 0. The Kier molecular flexibility index (Phi) is 4.52. The molecule has 10 rings (SSSR count). The van der Waals surface area contributed by atoms with Gasteiger partial charge in [-0.25, -0.2) is 15.0 Å². The standard InChI is InChI=1S/C45H28N4O/c1-4-14-29(15-5-1)33-21-12-23-37-35-27-26-32(28-40(35)50-42(33)37)49-39-25-11-10-20-34(39)36-22-13-24-38(41(36)49)45-47-43(30-16-6-2-7-17-30)46-44(48-45)31-18-8-3-9-19-31/h1-28H/i2D,3D,6D,7D,8D,9D,16D,17D,18D,19D. The molecule has 0 saturated carbocycles. The molecule has 0 aliphatic heterocycles. The highest BCUT2D eigenvalue weighted by Crippen LogP contribution is 2.40. The lowest BCUT2D eigenvalue weighted by molar-refractivity contribution is 0.669. The molecule has 0 bridgehead atoms. The molecule has 0 spiro atoms. The van der Waals surface area contributed by atoms with Gasteiger partial charge in [-0.15, -0.1) is 0 Å². The van der Waals surface area contributed by atoms with E-state index in [0.717, 1.165) is 49.5 Å². The molecule has 5 heteroatoms. The van der Waals surface area contributed by atoms with Gasteiger partial charge in [0.15, 0.2) is 17.5 Å². The number of fused-ring (bicyclic) bond motifs is 6. The maximum Gasteiger partial charge on any atom is 0.166 e. The molecule has 7 aromatic carbocycles. The van der Waals surface area contributed by atoms with Gasteiger partial charge in [-0.3, -0.25) is 0 Å². The second-order valence-corrected chi connectivity index (χ2v) is 11.7. The normalized spacial score (nSPS) is 14.4. The Balaban J connectivity index is 1.28. The van der Waals surface area contributed by atoms with Crippen molar-refractivity contribution in [1.82, 2.24) is 19.5 Å². The van der Waals surface area contributed by atoms with Crippen LogP contribution in [0.5, 0.6) is 0 Å². The average Bonchev–Trinajstić information content (AvgIpc) is 3.82. The third kappa shape index (κ3) is 4.52. The lowest BCUT2D eigenvalue weighted by Crippen LogP contribution is -2.02. The van der Waals surface area contributed by atoms with Crippen LogP contribution in [-0.2, 0) is 0 Å². The fraction of sp³-hybridized carbons (Fsp3) is 0. The first-order valence-electron chi connectivity index (χ1n) is 20.9. The molecule has 0 aliphatic carbocycles. The molecule has 50 heavy (non-hydrogen) atoms. The van der Waals surface area contributed by atoms with E-state index in [1.165, 1.54) is 0 Å². The minimum absolute atomic E-state index is 0.0272. The maximum atomic E-state index is 8.78. The highest BCUT2D eigenvalue weighted by atomic mass is 16.3. The van der Waals surface area contributed by atoms with Gasteiger partial charge in [0.05, 0.1) is 24.7 Å². The van der Waals surface area contributed by atoms with E-state index >= 15 is 0 Å². The molecule has 234 valence electrons. The van der Waals surface area contributed by atoms with Crippen LogP contribution in [0.25, 0.3) is 94.7 Å². The molecule has 0 fully saturated rings. The van der Waals surface area contributed by atoms with Crippen molar-refractivity contribution in [1.29, 1.82) is 0 Å². The van der Waals surface area contributed by atoms with Crippen molar-refractivity contribution in [2.75, 3.05) is 0 Å². The Bertz CT molecular complexity index is 3310. The Morgan fingerprint density at radius 3 is 1.84 bits per heavy atom. The summed E-state index contributed by atoms with van der Waals surface area (Å²) in [5, 5.41) is 3.60. The molecular formula is C45H28N4O. The second kappa shape index (κ2) is 11.4. The maximum absolute atomic E-state index is 8.78. The summed E-state index contributed by atoms with van der Waals surface area (Å²) in [6.07, 6.45) is 0. The van der Waals surface area contributed by atoms with Crippen LogP contribution in [0.1, 0.15) is 13.7 Å². The van der Waals surface area contributed by atoms with Crippen molar-refractivity contribution in [3.8, 4) is 51.0 Å². The lowest BCUT2D eigenvalue weighted by atomic mass is 10.0.